The van der Waals surface area contributed by atoms with Gasteiger partial charge in [0.05, 0.1) is 0 Å². The Bertz CT molecular complexity index is 1190. The molecule has 7 heteroatoms. The summed E-state index contributed by atoms with van der Waals surface area (Å²) < 4.78 is 51.8. The third-order valence-corrected chi connectivity index (χ3v) is 5.04. The number of hydrogen-bond donors (Lipinski definition) is 0. The zero-order valence-electron chi connectivity index (χ0n) is 18.9. The van der Waals surface area contributed by atoms with Crippen molar-refractivity contribution in [1.29, 1.82) is 0 Å². The molecule has 0 saturated carbocycles. The summed E-state index contributed by atoms with van der Waals surface area (Å²) in [5.74, 6) is 1.47. The van der Waals surface area contributed by atoms with Crippen molar-refractivity contribution in [3.05, 3.63) is 78.2 Å². The number of oxazole rings is 1. The molecule has 0 unspecified atom stereocenters. The van der Waals surface area contributed by atoms with Gasteiger partial charge in [0.1, 0.15) is 23.8 Å². The topological polar surface area (TPSA) is 40.2 Å². The van der Waals surface area contributed by atoms with Crippen molar-refractivity contribution < 1.29 is 22.3 Å². The third kappa shape index (κ3) is 5.15. The highest BCUT2D eigenvalue weighted by Crippen LogP contribution is 2.29. The number of nitrogens with zero attached hydrogens (tertiary/aromatic N) is 2. The molecule has 3 aromatic rings. The van der Waals surface area contributed by atoms with Gasteiger partial charge in [0.15, 0.2) is 0 Å². The summed E-state index contributed by atoms with van der Waals surface area (Å²) in [6.45, 7) is 13.1. The van der Waals surface area contributed by atoms with E-state index in [1.807, 2.05) is 24.3 Å². The number of aromatic nitrogens is 2. The highest BCUT2D eigenvalue weighted by molar-refractivity contribution is 5.82. The second kappa shape index (κ2) is 8.73. The lowest BCUT2D eigenvalue weighted by Gasteiger charge is -2.22. The number of halogens is 3. The molecule has 0 fully saturated rings. The van der Waals surface area contributed by atoms with E-state index in [0.29, 0.717) is 22.8 Å². The molecule has 0 bridgehead atoms. The number of fused-ring (bicyclic) bond motifs is 1. The number of hydrogen-bond acceptors (Lipinski definition) is 3. The van der Waals surface area contributed by atoms with Crippen LogP contribution in [0, 0.1) is 6.92 Å². The van der Waals surface area contributed by atoms with Crippen LogP contribution >= 0.6 is 0 Å². The molecule has 170 valence electrons. The molecular weight excluding hydrogens is 417 g/mol. The van der Waals surface area contributed by atoms with Gasteiger partial charge in [-0.3, -0.25) is 0 Å². The van der Waals surface area contributed by atoms with E-state index < -0.39 is 11.7 Å². The predicted octanol–water partition coefficient (Wildman–Crippen LogP) is 7.35. The van der Waals surface area contributed by atoms with Crippen LogP contribution in [0.1, 0.15) is 45.0 Å². The van der Waals surface area contributed by atoms with Gasteiger partial charge < -0.3 is 13.7 Å². The molecule has 0 aliphatic rings. The maximum atomic E-state index is 12.7. The summed E-state index contributed by atoms with van der Waals surface area (Å²) in [4.78, 5) is 4.41. The lowest BCUT2D eigenvalue weighted by molar-refractivity contribution is -0.0878. The van der Waals surface area contributed by atoms with Crippen molar-refractivity contribution in [2.45, 2.75) is 52.9 Å². The molecule has 0 saturated heterocycles. The predicted molar refractivity (Wildman–Crippen MR) is 120 cm³/mol. The van der Waals surface area contributed by atoms with Crippen LogP contribution in [0.5, 0.6) is 5.75 Å². The Balaban J connectivity index is 1.74. The van der Waals surface area contributed by atoms with Crippen molar-refractivity contribution in [3.8, 4) is 5.75 Å². The first-order chi connectivity index (χ1) is 14.9. The van der Waals surface area contributed by atoms with Gasteiger partial charge in [0, 0.05) is 33.8 Å². The van der Waals surface area contributed by atoms with E-state index in [4.69, 9.17) is 9.15 Å². The van der Waals surface area contributed by atoms with Gasteiger partial charge in [-0.25, -0.2) is 4.98 Å². The van der Waals surface area contributed by atoms with Crippen molar-refractivity contribution >= 4 is 16.5 Å². The molecule has 0 aliphatic heterocycles. The maximum absolute atomic E-state index is 12.7. The van der Waals surface area contributed by atoms with Crippen LogP contribution in [0.3, 0.4) is 0 Å². The monoisotopic (exact) mass is 444 g/mol. The van der Waals surface area contributed by atoms with Gasteiger partial charge in [-0.2, -0.15) is 13.2 Å². The molecule has 0 spiro atoms. The van der Waals surface area contributed by atoms with Crippen molar-refractivity contribution in [2.24, 2.45) is 0 Å². The largest absolute Gasteiger partial charge is 0.487 e. The Morgan fingerprint density at radius 1 is 1.19 bits per heavy atom. The Hall–Kier alpha value is -3.22. The summed E-state index contributed by atoms with van der Waals surface area (Å²) in [5.41, 5.74) is 1.16. The summed E-state index contributed by atoms with van der Waals surface area (Å²) in [6, 6.07) is 7.94. The van der Waals surface area contributed by atoms with Crippen molar-refractivity contribution in [2.75, 3.05) is 0 Å². The average Bonchev–Trinajstić information content (AvgIpc) is 3.29. The minimum absolute atomic E-state index is 0.0240. The van der Waals surface area contributed by atoms with Crippen molar-refractivity contribution in [3.63, 3.8) is 0 Å². The molecule has 0 aliphatic carbocycles. The fourth-order valence-corrected chi connectivity index (χ4v) is 3.21. The summed E-state index contributed by atoms with van der Waals surface area (Å²) >= 11 is 0. The second-order valence-corrected chi connectivity index (χ2v) is 8.49. The minimum atomic E-state index is -4.48. The van der Waals surface area contributed by atoms with Crippen LogP contribution in [0.15, 0.2) is 65.3 Å². The minimum Gasteiger partial charge on any atom is -0.487 e. The van der Waals surface area contributed by atoms with E-state index in [-0.39, 0.29) is 18.0 Å². The standard InChI is InChI=1S/C25H27F3N2O2/c1-7-18(9-8-16(2)25(26,27)28)23-29-21(17(3)32-23)15-31-20-10-11-22-19(14-20)12-13-30(22)24(4,5)6/h7-14H,2,15H2,1,3-6H3/b9-8-,18-7+. The average molecular weight is 444 g/mol. The van der Waals surface area contributed by atoms with Gasteiger partial charge in [0.2, 0.25) is 5.89 Å². The van der Waals surface area contributed by atoms with E-state index in [9.17, 15) is 13.2 Å². The molecule has 0 amide bonds. The molecule has 4 nitrogen and oxygen atoms in total. The Morgan fingerprint density at radius 3 is 2.53 bits per heavy atom. The molecule has 0 atom stereocenters. The third-order valence-electron chi connectivity index (χ3n) is 5.04. The molecule has 2 heterocycles. The van der Waals surface area contributed by atoms with Crippen LogP contribution in [-0.4, -0.2) is 15.7 Å². The molecular formula is C25H27F3N2O2. The van der Waals surface area contributed by atoms with Gasteiger partial charge in [-0.05, 0) is 71.0 Å². The first-order valence-electron chi connectivity index (χ1n) is 10.2. The number of ether oxygens (including phenoxy) is 1. The number of alkyl halides is 3. The quantitative estimate of drug-likeness (QED) is 0.373. The van der Waals surface area contributed by atoms with Gasteiger partial charge >= 0.3 is 6.18 Å². The SMILES string of the molecule is C=C(/C=C\C(=C/C)c1nc(COc2ccc3c(ccn3C(C)(C)C)c2)c(C)o1)C(F)(F)F. The van der Waals surface area contributed by atoms with Crippen LogP contribution in [0.4, 0.5) is 13.2 Å². The smallest absolute Gasteiger partial charge is 0.415 e. The first-order valence-corrected chi connectivity index (χ1v) is 10.2. The van der Waals surface area contributed by atoms with E-state index >= 15 is 0 Å². The van der Waals surface area contributed by atoms with E-state index in [1.165, 1.54) is 6.08 Å². The molecule has 32 heavy (non-hydrogen) atoms. The first kappa shape index (κ1) is 23.4. The Kier molecular flexibility index (Phi) is 6.39. The highest BCUT2D eigenvalue weighted by atomic mass is 19.4. The zero-order valence-corrected chi connectivity index (χ0v) is 18.9. The van der Waals surface area contributed by atoms with Crippen molar-refractivity contribution in [1.82, 2.24) is 9.55 Å². The van der Waals surface area contributed by atoms with Gasteiger partial charge in [0.25, 0.3) is 0 Å². The molecule has 2 aromatic heterocycles. The number of benzene rings is 1. The summed E-state index contributed by atoms with van der Waals surface area (Å²) in [6.07, 6.45) is 1.41. The lowest BCUT2D eigenvalue weighted by Crippen LogP contribution is -2.20. The molecule has 1 aromatic carbocycles. The number of allylic oxidation sites excluding steroid dienone is 5. The van der Waals surface area contributed by atoms with Crippen LogP contribution < -0.4 is 4.74 Å². The highest BCUT2D eigenvalue weighted by Gasteiger charge is 2.29. The number of aryl methyl sites for hydroxylation is 1. The van der Waals surface area contributed by atoms with Gasteiger partial charge in [-0.15, -0.1) is 0 Å². The zero-order chi connectivity index (χ0) is 23.7. The summed E-state index contributed by atoms with van der Waals surface area (Å²) in [7, 11) is 0. The summed E-state index contributed by atoms with van der Waals surface area (Å²) in [5, 5.41) is 1.07. The normalized spacial score (nSPS) is 13.3. The molecule has 3 rings (SSSR count). The number of rotatable bonds is 6. The Morgan fingerprint density at radius 2 is 1.91 bits per heavy atom. The van der Waals surface area contributed by atoms with Gasteiger partial charge in [-0.1, -0.05) is 12.7 Å². The van der Waals surface area contributed by atoms with E-state index in [1.54, 1.807) is 19.9 Å². The Labute approximate surface area is 185 Å². The fraction of sp³-hybridized carbons (Fsp3) is 0.320. The lowest BCUT2D eigenvalue weighted by atomic mass is 10.1. The van der Waals surface area contributed by atoms with E-state index in [2.05, 4.69) is 43.1 Å². The van der Waals surface area contributed by atoms with Crippen LogP contribution in [0.2, 0.25) is 0 Å². The van der Waals surface area contributed by atoms with Crippen LogP contribution in [0.25, 0.3) is 16.5 Å². The van der Waals surface area contributed by atoms with E-state index in [0.717, 1.165) is 17.0 Å². The van der Waals surface area contributed by atoms with Crippen LogP contribution in [-0.2, 0) is 12.1 Å². The fourth-order valence-electron chi connectivity index (χ4n) is 3.21. The maximum Gasteiger partial charge on any atom is 0.415 e. The second-order valence-electron chi connectivity index (χ2n) is 8.49. The molecule has 0 radical (unpaired) electrons. The molecule has 0 N–H and O–H groups in total.